The lowest BCUT2D eigenvalue weighted by molar-refractivity contribution is -0.156. The van der Waals surface area contributed by atoms with Crippen molar-refractivity contribution >= 4 is 48.8 Å². The van der Waals surface area contributed by atoms with Gasteiger partial charge in [0.1, 0.15) is 11.5 Å². The predicted molar refractivity (Wildman–Crippen MR) is 200 cm³/mol. The number of rotatable bonds is 16. The van der Waals surface area contributed by atoms with E-state index in [9.17, 15) is 4.79 Å². The van der Waals surface area contributed by atoms with Crippen LogP contribution in [0.4, 0.5) is 0 Å². The maximum atomic E-state index is 11.6. The van der Waals surface area contributed by atoms with E-state index in [4.69, 9.17) is 18.9 Å². The van der Waals surface area contributed by atoms with Gasteiger partial charge in [-0.3, -0.25) is 0 Å². The highest BCUT2D eigenvalue weighted by atomic mass is 32.1. The summed E-state index contributed by atoms with van der Waals surface area (Å²) in [5.74, 6) is 1.12. The third-order valence-corrected chi connectivity index (χ3v) is 10.7. The molecule has 6 aromatic rings. The van der Waals surface area contributed by atoms with E-state index in [1.165, 1.54) is 52.2 Å². The molecule has 0 aliphatic rings. The zero-order valence-electron chi connectivity index (χ0n) is 27.4. The Morgan fingerprint density at radius 2 is 1.21 bits per heavy atom. The normalized spacial score (nSPS) is 11.3. The molecular formula is C41H40O5S2. The number of ether oxygens (including phenoxy) is 4. The van der Waals surface area contributed by atoms with Gasteiger partial charge >= 0.3 is 5.97 Å². The number of aryl methyl sites for hydroxylation is 2. The maximum Gasteiger partial charge on any atom is 0.332 e. The number of benzene rings is 4. The van der Waals surface area contributed by atoms with Gasteiger partial charge in [0.05, 0.1) is 19.3 Å². The van der Waals surface area contributed by atoms with Crippen LogP contribution in [0.25, 0.3) is 41.1 Å². The summed E-state index contributed by atoms with van der Waals surface area (Å²) in [6.45, 7) is 8.59. The molecule has 0 bridgehead atoms. The molecule has 0 unspecified atom stereocenters. The minimum absolute atomic E-state index is 0.151. The summed E-state index contributed by atoms with van der Waals surface area (Å²) in [6.07, 6.45) is 4.11. The van der Waals surface area contributed by atoms with Crippen molar-refractivity contribution in [2.75, 3.05) is 20.0 Å². The Bertz CT molecular complexity index is 1870. The third-order valence-electron chi connectivity index (χ3n) is 8.40. The molecule has 0 amide bonds. The molecule has 7 heteroatoms. The van der Waals surface area contributed by atoms with Gasteiger partial charge in [-0.2, -0.15) is 0 Å². The van der Waals surface area contributed by atoms with E-state index in [0.717, 1.165) is 30.4 Å². The van der Waals surface area contributed by atoms with Gasteiger partial charge in [-0.05, 0) is 94.4 Å². The molecule has 2 heterocycles. The first kappa shape index (κ1) is 33.5. The fraction of sp³-hybridized carbons (Fsp3) is 0.244. The van der Waals surface area contributed by atoms with Gasteiger partial charge in [0, 0.05) is 38.1 Å². The second-order valence-electron chi connectivity index (χ2n) is 11.5. The van der Waals surface area contributed by atoms with E-state index < -0.39 is 5.97 Å². The highest BCUT2D eigenvalue weighted by Gasteiger charge is 2.14. The first-order valence-electron chi connectivity index (χ1n) is 16.4. The van der Waals surface area contributed by atoms with Crippen molar-refractivity contribution in [3.8, 4) is 32.4 Å². The fourth-order valence-corrected chi connectivity index (χ4v) is 8.08. The van der Waals surface area contributed by atoms with E-state index in [-0.39, 0.29) is 12.9 Å². The van der Waals surface area contributed by atoms with Crippen molar-refractivity contribution in [2.45, 2.75) is 45.6 Å². The van der Waals surface area contributed by atoms with E-state index in [0.29, 0.717) is 26.1 Å². The Hall–Kier alpha value is -4.43. The molecule has 0 saturated heterocycles. The summed E-state index contributed by atoms with van der Waals surface area (Å²) in [4.78, 5) is 14.1. The molecule has 0 spiro atoms. The molecule has 0 radical (unpaired) electrons. The third kappa shape index (κ3) is 8.16. The van der Waals surface area contributed by atoms with Gasteiger partial charge in [-0.25, -0.2) is 4.79 Å². The van der Waals surface area contributed by atoms with Crippen molar-refractivity contribution in [1.29, 1.82) is 0 Å². The topological polar surface area (TPSA) is 54.0 Å². The number of carbonyl (C=O) groups is 1. The molecule has 4 aromatic carbocycles. The molecule has 0 N–H and O–H groups in total. The van der Waals surface area contributed by atoms with Crippen LogP contribution in [-0.4, -0.2) is 32.1 Å². The Labute approximate surface area is 290 Å². The minimum atomic E-state index is -0.517. The summed E-state index contributed by atoms with van der Waals surface area (Å²) in [7, 11) is 0. The summed E-state index contributed by atoms with van der Waals surface area (Å²) in [6, 6.07) is 34.2. The number of hydrogen-bond donors (Lipinski definition) is 0. The second kappa shape index (κ2) is 16.1. The number of hydrogen-bond acceptors (Lipinski definition) is 7. The van der Waals surface area contributed by atoms with Crippen molar-refractivity contribution < 1.29 is 23.7 Å². The van der Waals surface area contributed by atoms with Gasteiger partial charge in [0.15, 0.2) is 6.79 Å². The second-order valence-corrected chi connectivity index (χ2v) is 13.7. The van der Waals surface area contributed by atoms with E-state index in [1.54, 1.807) is 22.7 Å². The smallest absolute Gasteiger partial charge is 0.332 e. The number of thiophene rings is 2. The molecule has 0 aliphatic heterocycles. The maximum absolute atomic E-state index is 11.6. The Morgan fingerprint density at radius 3 is 1.69 bits per heavy atom. The first-order chi connectivity index (χ1) is 23.5. The van der Waals surface area contributed by atoms with Gasteiger partial charge in [-0.1, -0.05) is 69.0 Å². The average molecular weight is 677 g/mol. The van der Waals surface area contributed by atoms with Gasteiger partial charge < -0.3 is 18.9 Å². The average Bonchev–Trinajstić information content (AvgIpc) is 3.75. The summed E-state index contributed by atoms with van der Waals surface area (Å²) in [5.41, 5.74) is 5.29. The van der Waals surface area contributed by atoms with Crippen LogP contribution in [-0.2, 0) is 27.1 Å². The van der Waals surface area contributed by atoms with Crippen molar-refractivity contribution in [3.63, 3.8) is 0 Å². The van der Waals surface area contributed by atoms with Gasteiger partial charge in [-0.15, -0.1) is 22.7 Å². The lowest BCUT2D eigenvalue weighted by Crippen LogP contribution is -2.22. The summed E-state index contributed by atoms with van der Waals surface area (Å²) < 4.78 is 25.8. The number of esters is 1. The summed E-state index contributed by atoms with van der Waals surface area (Å²) >= 11 is 3.57. The van der Waals surface area contributed by atoms with Crippen molar-refractivity contribution in [1.82, 2.24) is 0 Å². The number of fused-ring (bicyclic) bond motifs is 2. The van der Waals surface area contributed by atoms with Crippen LogP contribution < -0.4 is 9.47 Å². The zero-order valence-corrected chi connectivity index (χ0v) is 29.0. The number of carbonyl (C=O) groups excluding carboxylic acids is 1. The van der Waals surface area contributed by atoms with E-state index in [1.807, 2.05) is 12.1 Å². The molecule has 0 atom stereocenters. The predicted octanol–water partition coefficient (Wildman–Crippen LogP) is 10.9. The molecule has 2 aromatic heterocycles. The van der Waals surface area contributed by atoms with Crippen LogP contribution in [0, 0.1) is 0 Å². The Morgan fingerprint density at radius 1 is 0.708 bits per heavy atom. The first-order valence-corrected chi connectivity index (χ1v) is 18.1. The quantitative estimate of drug-likeness (QED) is 0.0580. The molecule has 6 rings (SSSR count). The van der Waals surface area contributed by atoms with Crippen LogP contribution in [0.5, 0.6) is 11.5 Å². The zero-order chi connectivity index (χ0) is 33.3. The van der Waals surface area contributed by atoms with Crippen LogP contribution >= 0.6 is 22.7 Å². The highest BCUT2D eigenvalue weighted by molar-refractivity contribution is 7.22. The minimum Gasteiger partial charge on any atom is -0.493 e. The van der Waals surface area contributed by atoms with Crippen LogP contribution in [0.1, 0.15) is 37.8 Å². The lowest BCUT2D eigenvalue weighted by Gasteiger charge is -2.18. The van der Waals surface area contributed by atoms with Crippen LogP contribution in [0.2, 0.25) is 0 Å². The molecule has 5 nitrogen and oxygen atoms in total. The summed E-state index contributed by atoms with van der Waals surface area (Å²) in [5, 5.41) is 2.41. The molecular weight excluding hydrogens is 637 g/mol. The van der Waals surface area contributed by atoms with Crippen molar-refractivity contribution in [3.05, 3.63) is 121 Å². The molecule has 246 valence electrons. The van der Waals surface area contributed by atoms with Gasteiger partial charge in [0.2, 0.25) is 0 Å². The monoisotopic (exact) mass is 676 g/mol. The molecule has 0 aliphatic carbocycles. The Balaban J connectivity index is 1.06. The van der Waals surface area contributed by atoms with Crippen LogP contribution in [0.15, 0.2) is 110 Å². The SMILES string of the molecule is C=CC(=O)OCOC(CCOc1ccc2cc(-c3ccccc3CC)sc2c1)CCOc1ccc2cc(-c3ccccc3CC)sc2c1. The van der Waals surface area contributed by atoms with Crippen LogP contribution in [0.3, 0.4) is 0 Å². The molecule has 0 saturated carbocycles. The lowest BCUT2D eigenvalue weighted by atomic mass is 10.0. The van der Waals surface area contributed by atoms with Gasteiger partial charge in [0.25, 0.3) is 0 Å². The van der Waals surface area contributed by atoms with Crippen molar-refractivity contribution in [2.24, 2.45) is 0 Å². The molecule has 48 heavy (non-hydrogen) atoms. The molecule has 0 fully saturated rings. The fourth-order valence-electron chi connectivity index (χ4n) is 5.78. The Kier molecular flexibility index (Phi) is 11.2. The van der Waals surface area contributed by atoms with E-state index in [2.05, 4.69) is 105 Å². The standard InChI is InChI=1S/C41H40O5S2/c1-4-28-11-7-9-13-35(28)39-23-30-15-17-33(25-37(30)47-39)43-21-19-32(45-27-46-41(42)6-3)20-22-44-34-18-16-31-24-40(48-38(31)26-34)36-14-10-8-12-29(36)5-2/h6-18,23-26,32H,3-5,19-22,27H2,1-2H3. The largest absolute Gasteiger partial charge is 0.493 e. The highest BCUT2D eigenvalue weighted by Crippen LogP contribution is 2.38. The van der Waals surface area contributed by atoms with E-state index >= 15 is 0 Å².